The van der Waals surface area contributed by atoms with Crippen molar-refractivity contribution in [3.05, 3.63) is 30.1 Å². The van der Waals surface area contributed by atoms with Gasteiger partial charge in [-0.15, -0.1) is 22.6 Å². The average molecular weight is 327 g/mol. The number of methoxy groups -OCH3 is 1. The molecular weight excluding hydrogens is 308 g/mol. The second kappa shape index (κ2) is 7.15. The van der Waals surface area contributed by atoms with E-state index in [0.29, 0.717) is 6.54 Å². The van der Waals surface area contributed by atoms with Gasteiger partial charge < -0.3 is 10.5 Å². The van der Waals surface area contributed by atoms with Crippen molar-refractivity contribution in [2.24, 2.45) is 11.7 Å². The molecule has 0 saturated heterocycles. The van der Waals surface area contributed by atoms with Crippen LogP contribution in [0, 0.1) is 5.92 Å². The molecule has 1 aliphatic rings. The van der Waals surface area contributed by atoms with Gasteiger partial charge in [0.15, 0.2) is 11.0 Å². The number of halogens is 1. The molecule has 1 heterocycles. The molecule has 1 aromatic carbocycles. The van der Waals surface area contributed by atoms with Crippen molar-refractivity contribution in [3.8, 4) is 11.4 Å². The predicted octanol–water partition coefficient (Wildman–Crippen LogP) is 2.66. The van der Waals surface area contributed by atoms with Crippen molar-refractivity contribution < 1.29 is 4.74 Å². The highest BCUT2D eigenvalue weighted by Crippen LogP contribution is 2.35. The lowest BCUT2D eigenvalue weighted by molar-refractivity contribution is 0.414. The van der Waals surface area contributed by atoms with Gasteiger partial charge in [0, 0.05) is 11.8 Å². The van der Waals surface area contributed by atoms with Crippen LogP contribution in [0.3, 0.4) is 0 Å². The largest absolute Gasteiger partial charge is 0.497 e. The van der Waals surface area contributed by atoms with Crippen LogP contribution in [0.4, 0.5) is 0 Å². The summed E-state index contributed by atoms with van der Waals surface area (Å²) >= 11 is 1.76. The van der Waals surface area contributed by atoms with Gasteiger partial charge >= 0.3 is 0 Å². The van der Waals surface area contributed by atoms with E-state index < -0.39 is 0 Å². The molecule has 2 N–H and O–H groups in total. The number of hydrogen-bond acceptors (Lipinski definition) is 5. The monoisotopic (exact) mass is 326 g/mol. The van der Waals surface area contributed by atoms with Crippen LogP contribution in [-0.2, 0) is 6.54 Å². The summed E-state index contributed by atoms with van der Waals surface area (Å²) in [7, 11) is 1.66. The van der Waals surface area contributed by atoms with Gasteiger partial charge in [0.2, 0.25) is 0 Å². The third-order valence-corrected chi connectivity index (χ3v) is 4.50. The van der Waals surface area contributed by atoms with E-state index >= 15 is 0 Å². The van der Waals surface area contributed by atoms with E-state index in [-0.39, 0.29) is 12.4 Å². The van der Waals surface area contributed by atoms with Gasteiger partial charge in [-0.2, -0.15) is 0 Å². The molecule has 0 spiro atoms. The van der Waals surface area contributed by atoms with Crippen molar-refractivity contribution in [1.29, 1.82) is 0 Å². The number of benzene rings is 1. The summed E-state index contributed by atoms with van der Waals surface area (Å²) < 4.78 is 7.31. The minimum absolute atomic E-state index is 0. The van der Waals surface area contributed by atoms with Crippen LogP contribution >= 0.6 is 24.2 Å². The van der Waals surface area contributed by atoms with Gasteiger partial charge in [0.1, 0.15) is 5.75 Å². The molecule has 1 saturated carbocycles. The first kappa shape index (κ1) is 16.1. The smallest absolute Gasteiger partial charge is 0.195 e. The summed E-state index contributed by atoms with van der Waals surface area (Å²) in [5.74, 6) is 3.54. The maximum absolute atomic E-state index is 5.78. The third kappa shape index (κ3) is 3.70. The van der Waals surface area contributed by atoms with Gasteiger partial charge in [-0.05, 0) is 30.9 Å². The van der Waals surface area contributed by atoms with E-state index in [4.69, 9.17) is 10.5 Å². The van der Waals surface area contributed by atoms with E-state index in [9.17, 15) is 0 Å². The molecule has 5 nitrogen and oxygen atoms in total. The standard InChI is InChI=1S/C14H18N4OS.ClH/c1-19-12-4-2-3-11(7-12)18-13(8-15)16-17-14(18)20-9-10-5-6-10;/h2-4,7,10H,5-6,8-9,15H2,1H3;1H. The zero-order valence-electron chi connectivity index (χ0n) is 11.9. The third-order valence-electron chi connectivity index (χ3n) is 3.34. The average Bonchev–Trinajstić information content (AvgIpc) is 3.23. The number of ether oxygens (including phenoxy) is 1. The number of nitrogens with two attached hydrogens (primary N) is 1. The van der Waals surface area contributed by atoms with Gasteiger partial charge in [0.05, 0.1) is 19.3 Å². The second-order valence-electron chi connectivity index (χ2n) is 4.89. The van der Waals surface area contributed by atoms with Crippen molar-refractivity contribution in [1.82, 2.24) is 14.8 Å². The van der Waals surface area contributed by atoms with Crippen LogP contribution in [0.5, 0.6) is 5.75 Å². The molecule has 0 radical (unpaired) electrons. The number of aromatic nitrogens is 3. The molecule has 1 aliphatic carbocycles. The van der Waals surface area contributed by atoms with Crippen molar-refractivity contribution in [2.75, 3.05) is 12.9 Å². The molecule has 0 atom stereocenters. The molecular formula is C14H19ClN4OS. The minimum Gasteiger partial charge on any atom is -0.497 e. The van der Waals surface area contributed by atoms with Crippen LogP contribution < -0.4 is 10.5 Å². The Morgan fingerprint density at radius 2 is 2.19 bits per heavy atom. The van der Waals surface area contributed by atoms with Crippen LogP contribution in [0.2, 0.25) is 0 Å². The first-order valence-electron chi connectivity index (χ1n) is 6.73. The van der Waals surface area contributed by atoms with Crippen molar-refractivity contribution >= 4 is 24.2 Å². The number of thioether (sulfide) groups is 1. The Labute approximate surface area is 134 Å². The molecule has 0 aliphatic heterocycles. The molecule has 3 rings (SSSR count). The van der Waals surface area contributed by atoms with Gasteiger partial charge in [-0.25, -0.2) is 0 Å². The first-order valence-corrected chi connectivity index (χ1v) is 7.72. The van der Waals surface area contributed by atoms with E-state index in [1.165, 1.54) is 12.8 Å². The molecule has 21 heavy (non-hydrogen) atoms. The zero-order chi connectivity index (χ0) is 13.9. The van der Waals surface area contributed by atoms with E-state index in [2.05, 4.69) is 10.2 Å². The second-order valence-corrected chi connectivity index (χ2v) is 5.88. The van der Waals surface area contributed by atoms with Crippen LogP contribution in [0.1, 0.15) is 18.7 Å². The Balaban J connectivity index is 0.00000161. The van der Waals surface area contributed by atoms with E-state index in [1.54, 1.807) is 18.9 Å². The Morgan fingerprint density at radius 1 is 1.38 bits per heavy atom. The molecule has 2 aromatic rings. The molecule has 0 unspecified atom stereocenters. The van der Waals surface area contributed by atoms with Crippen LogP contribution in [0.25, 0.3) is 5.69 Å². The summed E-state index contributed by atoms with van der Waals surface area (Å²) in [4.78, 5) is 0. The lowest BCUT2D eigenvalue weighted by atomic mass is 10.3. The summed E-state index contributed by atoms with van der Waals surface area (Å²) in [6, 6.07) is 7.88. The van der Waals surface area contributed by atoms with Gasteiger partial charge in [-0.1, -0.05) is 17.8 Å². The van der Waals surface area contributed by atoms with Crippen molar-refractivity contribution in [2.45, 2.75) is 24.5 Å². The summed E-state index contributed by atoms with van der Waals surface area (Å²) in [6.07, 6.45) is 2.67. The lowest BCUT2D eigenvalue weighted by Crippen LogP contribution is -2.08. The Morgan fingerprint density at radius 3 is 2.86 bits per heavy atom. The van der Waals surface area contributed by atoms with Crippen LogP contribution in [-0.4, -0.2) is 27.6 Å². The van der Waals surface area contributed by atoms with Gasteiger partial charge in [0.25, 0.3) is 0 Å². The fraction of sp³-hybridized carbons (Fsp3) is 0.429. The van der Waals surface area contributed by atoms with Crippen LogP contribution in [0.15, 0.2) is 29.4 Å². The molecule has 1 fully saturated rings. The van der Waals surface area contributed by atoms with Gasteiger partial charge in [-0.3, -0.25) is 4.57 Å². The van der Waals surface area contributed by atoms with Crippen molar-refractivity contribution in [3.63, 3.8) is 0 Å². The van der Waals surface area contributed by atoms with E-state index in [1.807, 2.05) is 28.8 Å². The quantitative estimate of drug-likeness (QED) is 0.827. The fourth-order valence-corrected chi connectivity index (χ4v) is 3.17. The SMILES string of the molecule is COc1cccc(-n2c(CN)nnc2SCC2CC2)c1.Cl. The predicted molar refractivity (Wildman–Crippen MR) is 86.5 cm³/mol. The number of hydrogen-bond donors (Lipinski definition) is 1. The maximum Gasteiger partial charge on any atom is 0.195 e. The fourth-order valence-electron chi connectivity index (χ4n) is 2.01. The zero-order valence-corrected chi connectivity index (χ0v) is 13.5. The molecule has 0 bridgehead atoms. The van der Waals surface area contributed by atoms with E-state index in [0.717, 1.165) is 34.1 Å². The Hall–Kier alpha value is -1.24. The summed E-state index contributed by atoms with van der Waals surface area (Å²) in [5, 5.41) is 9.37. The lowest BCUT2D eigenvalue weighted by Gasteiger charge is -2.10. The first-order chi connectivity index (χ1) is 9.81. The Kier molecular flexibility index (Phi) is 5.50. The highest BCUT2D eigenvalue weighted by Gasteiger charge is 2.23. The molecule has 114 valence electrons. The molecule has 1 aromatic heterocycles. The maximum atomic E-state index is 5.78. The summed E-state index contributed by atoms with van der Waals surface area (Å²) in [5.41, 5.74) is 6.77. The topological polar surface area (TPSA) is 66.0 Å². The normalized spacial score (nSPS) is 13.8. The minimum atomic E-state index is 0. The summed E-state index contributed by atoms with van der Waals surface area (Å²) in [6.45, 7) is 0.369. The highest BCUT2D eigenvalue weighted by molar-refractivity contribution is 7.99. The molecule has 7 heteroatoms. The Bertz CT molecular complexity index is 600. The molecule has 0 amide bonds. The highest BCUT2D eigenvalue weighted by atomic mass is 35.5. The number of nitrogens with zero attached hydrogens (tertiary/aromatic N) is 3. The number of rotatable bonds is 6.